The average Bonchev–Trinajstić information content (AvgIpc) is 3.30. The van der Waals surface area contributed by atoms with Crippen LogP contribution in [0.15, 0.2) is 182 Å². The van der Waals surface area contributed by atoms with Crippen molar-refractivity contribution < 1.29 is 24.2 Å². The highest BCUT2D eigenvalue weighted by atomic mass is 16.6. The van der Waals surface area contributed by atoms with Crippen molar-refractivity contribution in [1.29, 1.82) is 0 Å². The van der Waals surface area contributed by atoms with Crippen LogP contribution in [0.3, 0.4) is 0 Å². The molecule has 0 bridgehead atoms. The summed E-state index contributed by atoms with van der Waals surface area (Å²) in [5.41, 5.74) is 0. The number of aliphatic hydroxyl groups is 1. The number of hydrogen-bond donors (Lipinski definition) is 1. The Morgan fingerprint density at radius 1 is 0.359 bits per heavy atom. The number of allylic oxidation sites excluding steroid dienone is 30. The van der Waals surface area contributed by atoms with E-state index in [4.69, 9.17) is 9.47 Å². The summed E-state index contributed by atoms with van der Waals surface area (Å²) in [6.45, 7) is 3.79. The molecule has 64 heavy (non-hydrogen) atoms. The molecule has 0 aliphatic heterocycles. The fourth-order valence-electron chi connectivity index (χ4n) is 5.63. The van der Waals surface area contributed by atoms with Gasteiger partial charge >= 0.3 is 11.9 Å². The van der Waals surface area contributed by atoms with Gasteiger partial charge in [0.25, 0.3) is 0 Å². The third-order valence-electron chi connectivity index (χ3n) is 9.21. The molecule has 0 spiro atoms. The number of carbonyl (C=O) groups is 2. The second-order valence-electron chi connectivity index (χ2n) is 15.1. The minimum absolute atomic E-state index is 0.134. The van der Waals surface area contributed by atoms with Crippen molar-refractivity contribution in [3.63, 3.8) is 0 Å². The summed E-state index contributed by atoms with van der Waals surface area (Å²) in [4.78, 5) is 24.4. The summed E-state index contributed by atoms with van der Waals surface area (Å²) < 4.78 is 10.6. The van der Waals surface area contributed by atoms with Gasteiger partial charge in [0, 0.05) is 12.8 Å². The van der Waals surface area contributed by atoms with Crippen LogP contribution >= 0.6 is 0 Å². The predicted octanol–water partition coefficient (Wildman–Crippen LogP) is 16.4. The number of esters is 2. The van der Waals surface area contributed by atoms with E-state index in [1.54, 1.807) is 0 Å². The summed E-state index contributed by atoms with van der Waals surface area (Å²) in [7, 11) is 0. The Hall–Kier alpha value is -5.00. The Kier molecular flexibility index (Phi) is 48.3. The van der Waals surface area contributed by atoms with Gasteiger partial charge in [0.15, 0.2) is 6.10 Å². The Morgan fingerprint density at radius 2 is 0.656 bits per heavy atom. The van der Waals surface area contributed by atoms with E-state index < -0.39 is 6.10 Å². The van der Waals surface area contributed by atoms with E-state index >= 15 is 0 Å². The number of ether oxygens (including phenoxy) is 2. The Morgan fingerprint density at radius 3 is 0.969 bits per heavy atom. The van der Waals surface area contributed by atoms with E-state index in [2.05, 4.69) is 184 Å². The minimum Gasteiger partial charge on any atom is -0.462 e. The third-order valence-corrected chi connectivity index (χ3v) is 9.21. The van der Waals surface area contributed by atoms with Crippen LogP contribution in [-0.4, -0.2) is 36.4 Å². The van der Waals surface area contributed by atoms with Gasteiger partial charge in [-0.1, -0.05) is 203 Å². The van der Waals surface area contributed by atoms with Gasteiger partial charge in [-0.15, -0.1) is 0 Å². The molecular formula is C59H86O5. The van der Waals surface area contributed by atoms with E-state index in [0.29, 0.717) is 6.42 Å². The van der Waals surface area contributed by atoms with Crippen LogP contribution in [-0.2, 0) is 19.1 Å². The van der Waals surface area contributed by atoms with Crippen molar-refractivity contribution in [2.24, 2.45) is 0 Å². The van der Waals surface area contributed by atoms with E-state index in [-0.39, 0.29) is 38.0 Å². The van der Waals surface area contributed by atoms with Gasteiger partial charge in [0.1, 0.15) is 6.61 Å². The molecule has 0 saturated carbocycles. The lowest BCUT2D eigenvalue weighted by Crippen LogP contribution is -2.28. The van der Waals surface area contributed by atoms with Crippen molar-refractivity contribution in [3.05, 3.63) is 182 Å². The highest BCUT2D eigenvalue weighted by Crippen LogP contribution is 2.08. The quantitative estimate of drug-likeness (QED) is 0.0376. The number of carbonyl (C=O) groups excluding carboxylic acids is 2. The van der Waals surface area contributed by atoms with Crippen molar-refractivity contribution in [1.82, 2.24) is 0 Å². The first-order valence-electron chi connectivity index (χ1n) is 24.3. The first kappa shape index (κ1) is 59.0. The monoisotopic (exact) mass is 875 g/mol. The SMILES string of the molecule is CC/C=C\C/C=C\C/C=C\C/C=C\C/C=C\C/C=C\C/C=C\C/C=C\C/C=C\CCCCCC(=O)OC(CO)COC(=O)CC/C=C\C/C=C\C/C=C\C/C=C\C/C=C\C/C=C\CC. The molecule has 0 aromatic carbocycles. The number of hydrogen-bond acceptors (Lipinski definition) is 5. The number of aliphatic hydroxyl groups excluding tert-OH is 1. The molecule has 0 aliphatic rings. The molecule has 0 fully saturated rings. The maximum atomic E-state index is 12.2. The Labute approximate surface area is 391 Å². The van der Waals surface area contributed by atoms with Crippen molar-refractivity contribution in [3.8, 4) is 0 Å². The van der Waals surface area contributed by atoms with Gasteiger partial charge in [-0.2, -0.15) is 0 Å². The molecule has 5 nitrogen and oxygen atoms in total. The van der Waals surface area contributed by atoms with Crippen LogP contribution in [0.1, 0.15) is 155 Å². The molecule has 0 rings (SSSR count). The molecule has 0 saturated heterocycles. The Bertz CT molecular complexity index is 1550. The van der Waals surface area contributed by atoms with Crippen molar-refractivity contribution >= 4 is 11.9 Å². The molecule has 0 heterocycles. The lowest BCUT2D eigenvalue weighted by atomic mass is 10.1. The normalized spacial score (nSPS) is 13.9. The smallest absolute Gasteiger partial charge is 0.306 e. The van der Waals surface area contributed by atoms with Crippen molar-refractivity contribution in [2.45, 2.75) is 161 Å². The van der Waals surface area contributed by atoms with Gasteiger partial charge < -0.3 is 14.6 Å². The summed E-state index contributed by atoms with van der Waals surface area (Å²) in [6.07, 6.45) is 84.1. The molecule has 0 aromatic rings. The van der Waals surface area contributed by atoms with E-state index in [0.717, 1.165) is 122 Å². The molecule has 352 valence electrons. The van der Waals surface area contributed by atoms with Crippen molar-refractivity contribution in [2.75, 3.05) is 13.2 Å². The predicted molar refractivity (Wildman–Crippen MR) is 278 cm³/mol. The third kappa shape index (κ3) is 49.7. The maximum absolute atomic E-state index is 12.2. The highest BCUT2D eigenvalue weighted by molar-refractivity contribution is 5.70. The summed E-state index contributed by atoms with van der Waals surface area (Å²) >= 11 is 0. The fourth-order valence-corrected chi connectivity index (χ4v) is 5.63. The molecule has 0 aliphatic carbocycles. The molecule has 1 unspecified atom stereocenters. The second-order valence-corrected chi connectivity index (χ2v) is 15.1. The first-order valence-corrected chi connectivity index (χ1v) is 24.3. The molecule has 0 amide bonds. The van der Waals surface area contributed by atoms with Crippen LogP contribution in [0.5, 0.6) is 0 Å². The van der Waals surface area contributed by atoms with Gasteiger partial charge in [0.2, 0.25) is 0 Å². The largest absolute Gasteiger partial charge is 0.462 e. The van der Waals surface area contributed by atoms with Gasteiger partial charge in [-0.05, 0) is 122 Å². The molecule has 0 radical (unpaired) electrons. The van der Waals surface area contributed by atoms with Crippen LogP contribution in [0.4, 0.5) is 0 Å². The highest BCUT2D eigenvalue weighted by Gasteiger charge is 2.15. The number of unbranched alkanes of at least 4 members (excludes halogenated alkanes) is 3. The zero-order valence-corrected chi connectivity index (χ0v) is 39.9. The lowest BCUT2D eigenvalue weighted by molar-refractivity contribution is -0.161. The summed E-state index contributed by atoms with van der Waals surface area (Å²) in [5.74, 6) is -0.748. The Balaban J connectivity index is 3.79. The van der Waals surface area contributed by atoms with Crippen LogP contribution < -0.4 is 0 Å². The van der Waals surface area contributed by atoms with Gasteiger partial charge in [0.05, 0.1) is 6.61 Å². The zero-order chi connectivity index (χ0) is 46.3. The molecular weight excluding hydrogens is 789 g/mol. The molecule has 1 N–H and O–H groups in total. The van der Waals surface area contributed by atoms with Gasteiger partial charge in [-0.25, -0.2) is 0 Å². The molecule has 0 aromatic heterocycles. The molecule has 5 heteroatoms. The van der Waals surface area contributed by atoms with E-state index in [9.17, 15) is 14.7 Å². The first-order chi connectivity index (χ1) is 31.6. The number of rotatable bonds is 41. The minimum atomic E-state index is -0.837. The van der Waals surface area contributed by atoms with E-state index in [1.165, 1.54) is 0 Å². The topological polar surface area (TPSA) is 72.8 Å². The summed E-state index contributed by atoms with van der Waals surface area (Å²) in [6, 6.07) is 0. The van der Waals surface area contributed by atoms with Crippen LogP contribution in [0, 0.1) is 0 Å². The lowest BCUT2D eigenvalue weighted by Gasteiger charge is -2.15. The molecule has 1 atom stereocenters. The van der Waals surface area contributed by atoms with Crippen LogP contribution in [0.25, 0.3) is 0 Å². The summed E-state index contributed by atoms with van der Waals surface area (Å²) in [5, 5.41) is 9.60. The van der Waals surface area contributed by atoms with Gasteiger partial charge in [-0.3, -0.25) is 9.59 Å². The second kappa shape index (κ2) is 52.3. The maximum Gasteiger partial charge on any atom is 0.306 e. The van der Waals surface area contributed by atoms with Crippen LogP contribution in [0.2, 0.25) is 0 Å². The van der Waals surface area contributed by atoms with E-state index in [1.807, 2.05) is 12.2 Å². The fraction of sp³-hybridized carbons (Fsp3) is 0.458. The average molecular weight is 875 g/mol. The zero-order valence-electron chi connectivity index (χ0n) is 39.9. The standard InChI is InChI=1S/C59H86O5/c1-3-5-7-9-11-13-15-17-19-21-23-24-25-26-27-28-29-30-31-32-33-34-36-38-40-42-44-46-48-50-52-54-59(62)64-57(55-60)56-63-58(61)53-51-49-47-45-43-41-39-37-35-22-20-18-16-14-12-10-8-6-4-2/h5-8,11-14,17-20,23-24,26-27,29-30,32-33,35-38,41-44,47,49,57,60H,3-4,9-10,15-16,21-22,25,28,31,34,39-40,45-46,48,50-56H2,1-2H3/b7-5-,8-6-,13-11-,14-12-,19-17-,20-18-,24-23-,27-26-,30-29-,33-32-,37-35-,38-36-,43-41-,44-42-,49-47-.